The zero-order valence-corrected chi connectivity index (χ0v) is 13.4. The standard InChI is InChI=1S/C16H22N4O2/c1-6-16(4,5)13-10(17-8-18-13)7-11-14(21)20-12(9(2)3)15(22)19-11/h6-9,12H,1H2,2-5H3,(H,17,18)(H,19,22)(H,20,21)/b11-7+/t12-/m0/s1. The Balaban J connectivity index is 2.32. The largest absolute Gasteiger partial charge is 0.347 e. The van der Waals surface area contributed by atoms with Crippen LogP contribution in [0.5, 0.6) is 0 Å². The van der Waals surface area contributed by atoms with Gasteiger partial charge in [-0.1, -0.05) is 33.8 Å². The summed E-state index contributed by atoms with van der Waals surface area (Å²) < 4.78 is 0. The highest BCUT2D eigenvalue weighted by molar-refractivity contribution is 6.07. The molecule has 2 rings (SSSR count). The lowest BCUT2D eigenvalue weighted by atomic mass is 9.88. The molecule has 6 heteroatoms. The van der Waals surface area contributed by atoms with Gasteiger partial charge in [0.2, 0.25) is 5.91 Å². The van der Waals surface area contributed by atoms with Crippen molar-refractivity contribution >= 4 is 17.9 Å². The summed E-state index contributed by atoms with van der Waals surface area (Å²) in [6.07, 6.45) is 4.95. The number of allylic oxidation sites excluding steroid dienone is 1. The van der Waals surface area contributed by atoms with Gasteiger partial charge in [-0.05, 0) is 12.0 Å². The highest BCUT2D eigenvalue weighted by Gasteiger charge is 2.32. The first-order valence-corrected chi connectivity index (χ1v) is 7.27. The molecule has 1 atom stereocenters. The van der Waals surface area contributed by atoms with Gasteiger partial charge >= 0.3 is 0 Å². The normalized spacial score (nSPS) is 21.0. The van der Waals surface area contributed by atoms with E-state index in [-0.39, 0.29) is 28.8 Å². The smallest absolute Gasteiger partial charge is 0.268 e. The number of piperazine rings is 1. The summed E-state index contributed by atoms with van der Waals surface area (Å²) in [7, 11) is 0. The van der Waals surface area contributed by atoms with Crippen molar-refractivity contribution in [1.82, 2.24) is 20.6 Å². The van der Waals surface area contributed by atoms with E-state index in [0.29, 0.717) is 5.69 Å². The van der Waals surface area contributed by atoms with Crippen molar-refractivity contribution in [2.75, 3.05) is 0 Å². The first-order valence-electron chi connectivity index (χ1n) is 7.27. The summed E-state index contributed by atoms with van der Waals surface area (Å²) in [4.78, 5) is 31.5. The molecule has 0 aliphatic carbocycles. The van der Waals surface area contributed by atoms with Crippen molar-refractivity contribution in [2.45, 2.75) is 39.2 Å². The number of amides is 2. The van der Waals surface area contributed by atoms with Crippen molar-refractivity contribution in [3.63, 3.8) is 0 Å². The Morgan fingerprint density at radius 1 is 1.36 bits per heavy atom. The van der Waals surface area contributed by atoms with Gasteiger partial charge in [0.1, 0.15) is 11.7 Å². The number of carbonyl (C=O) groups is 2. The van der Waals surface area contributed by atoms with Gasteiger partial charge < -0.3 is 15.6 Å². The van der Waals surface area contributed by atoms with E-state index >= 15 is 0 Å². The number of H-pyrrole nitrogens is 1. The van der Waals surface area contributed by atoms with Gasteiger partial charge in [0, 0.05) is 5.41 Å². The van der Waals surface area contributed by atoms with Crippen LogP contribution in [0.1, 0.15) is 39.1 Å². The average Bonchev–Trinajstić information content (AvgIpc) is 2.91. The summed E-state index contributed by atoms with van der Waals surface area (Å²) in [6, 6.07) is -0.507. The van der Waals surface area contributed by atoms with Crippen LogP contribution in [0.4, 0.5) is 0 Å². The lowest BCUT2D eigenvalue weighted by Gasteiger charge is -2.27. The van der Waals surface area contributed by atoms with E-state index in [0.717, 1.165) is 5.69 Å². The molecule has 1 aromatic rings. The third-order valence-corrected chi connectivity index (χ3v) is 3.84. The minimum Gasteiger partial charge on any atom is -0.347 e. The molecule has 0 saturated carbocycles. The lowest BCUT2D eigenvalue weighted by molar-refractivity contribution is -0.132. The summed E-state index contributed by atoms with van der Waals surface area (Å²) >= 11 is 0. The van der Waals surface area contributed by atoms with Crippen LogP contribution in [0.3, 0.4) is 0 Å². The Hall–Kier alpha value is -2.37. The fourth-order valence-corrected chi connectivity index (χ4v) is 2.29. The van der Waals surface area contributed by atoms with Crippen molar-refractivity contribution in [3.05, 3.63) is 36.1 Å². The minimum absolute atomic E-state index is 0.0335. The van der Waals surface area contributed by atoms with Crippen molar-refractivity contribution in [2.24, 2.45) is 5.92 Å². The Bertz CT molecular complexity index is 640. The molecule has 1 fully saturated rings. The molecule has 0 unspecified atom stereocenters. The number of nitrogens with zero attached hydrogens (tertiary/aromatic N) is 1. The Morgan fingerprint density at radius 3 is 2.64 bits per heavy atom. The van der Waals surface area contributed by atoms with Gasteiger partial charge in [0.25, 0.3) is 5.91 Å². The quantitative estimate of drug-likeness (QED) is 0.581. The second kappa shape index (κ2) is 5.79. The monoisotopic (exact) mass is 302 g/mol. The maximum Gasteiger partial charge on any atom is 0.268 e. The van der Waals surface area contributed by atoms with Crippen LogP contribution in [0, 0.1) is 5.92 Å². The third-order valence-electron chi connectivity index (χ3n) is 3.84. The average molecular weight is 302 g/mol. The van der Waals surface area contributed by atoms with E-state index < -0.39 is 6.04 Å². The molecule has 1 saturated heterocycles. The predicted octanol–water partition coefficient (Wildman–Crippen LogP) is 1.48. The third kappa shape index (κ3) is 2.95. The van der Waals surface area contributed by atoms with Gasteiger partial charge in [-0.15, -0.1) is 6.58 Å². The summed E-state index contributed by atoms with van der Waals surface area (Å²) in [6.45, 7) is 11.6. The zero-order chi connectivity index (χ0) is 16.5. The predicted molar refractivity (Wildman–Crippen MR) is 84.7 cm³/mol. The number of aromatic nitrogens is 2. The Labute approximate surface area is 130 Å². The van der Waals surface area contributed by atoms with Gasteiger partial charge in [0.05, 0.1) is 17.7 Å². The van der Waals surface area contributed by atoms with Crippen LogP contribution in [0.2, 0.25) is 0 Å². The molecule has 6 nitrogen and oxygen atoms in total. The Kier molecular flexibility index (Phi) is 4.21. The molecule has 3 N–H and O–H groups in total. The maximum absolute atomic E-state index is 12.2. The van der Waals surface area contributed by atoms with Gasteiger partial charge in [-0.25, -0.2) is 4.98 Å². The van der Waals surface area contributed by atoms with Gasteiger partial charge in [0.15, 0.2) is 0 Å². The van der Waals surface area contributed by atoms with Gasteiger partial charge in [-0.2, -0.15) is 0 Å². The molecule has 118 valence electrons. The van der Waals surface area contributed by atoms with Crippen molar-refractivity contribution in [1.29, 1.82) is 0 Å². The topological polar surface area (TPSA) is 86.9 Å². The van der Waals surface area contributed by atoms with Crippen LogP contribution in [-0.4, -0.2) is 27.8 Å². The maximum atomic E-state index is 12.2. The summed E-state index contributed by atoms with van der Waals surface area (Å²) in [5.41, 5.74) is 1.33. The second-order valence-electron chi connectivity index (χ2n) is 6.33. The molecule has 0 spiro atoms. The number of nitrogens with one attached hydrogen (secondary N) is 3. The lowest BCUT2D eigenvalue weighted by Crippen LogP contribution is -2.56. The molecule has 0 bridgehead atoms. The molecule has 2 amide bonds. The van der Waals surface area contributed by atoms with Crippen LogP contribution < -0.4 is 10.6 Å². The Morgan fingerprint density at radius 2 is 2.05 bits per heavy atom. The van der Waals surface area contributed by atoms with E-state index in [1.807, 2.05) is 27.7 Å². The van der Waals surface area contributed by atoms with Crippen LogP contribution in [0.25, 0.3) is 6.08 Å². The molecule has 1 aliphatic heterocycles. The first-order chi connectivity index (χ1) is 10.3. The molecule has 2 heterocycles. The summed E-state index contributed by atoms with van der Waals surface area (Å²) in [5.74, 6) is -0.476. The fourth-order valence-electron chi connectivity index (χ4n) is 2.29. The van der Waals surface area contributed by atoms with Crippen LogP contribution in [-0.2, 0) is 15.0 Å². The second-order valence-corrected chi connectivity index (χ2v) is 6.33. The van der Waals surface area contributed by atoms with Crippen molar-refractivity contribution < 1.29 is 9.59 Å². The van der Waals surface area contributed by atoms with E-state index in [9.17, 15) is 9.59 Å². The molecule has 1 aromatic heterocycles. The van der Waals surface area contributed by atoms with Gasteiger partial charge in [-0.3, -0.25) is 9.59 Å². The highest BCUT2D eigenvalue weighted by Crippen LogP contribution is 2.26. The molecule has 1 aliphatic rings. The molecule has 0 aromatic carbocycles. The molecular formula is C16H22N4O2. The van der Waals surface area contributed by atoms with Crippen LogP contribution >= 0.6 is 0 Å². The van der Waals surface area contributed by atoms with E-state index in [1.165, 1.54) is 0 Å². The molecule has 0 radical (unpaired) electrons. The van der Waals surface area contributed by atoms with E-state index in [1.54, 1.807) is 18.5 Å². The number of hydrogen-bond acceptors (Lipinski definition) is 3. The van der Waals surface area contributed by atoms with E-state index in [4.69, 9.17) is 0 Å². The number of imidazole rings is 1. The first kappa shape index (κ1) is 16.0. The number of rotatable bonds is 4. The number of carbonyl (C=O) groups excluding carboxylic acids is 2. The zero-order valence-electron chi connectivity index (χ0n) is 13.4. The van der Waals surface area contributed by atoms with E-state index in [2.05, 4.69) is 27.2 Å². The number of aromatic amines is 1. The number of hydrogen-bond donors (Lipinski definition) is 3. The van der Waals surface area contributed by atoms with Crippen molar-refractivity contribution in [3.8, 4) is 0 Å². The SMILES string of the molecule is C=CC(C)(C)c1[nH]cnc1/C=C1/NC(=O)[C@H](C(C)C)NC1=O. The van der Waals surface area contributed by atoms with Crippen LogP contribution in [0.15, 0.2) is 24.7 Å². The highest BCUT2D eigenvalue weighted by atomic mass is 16.2. The molecule has 22 heavy (non-hydrogen) atoms. The summed E-state index contributed by atoms with van der Waals surface area (Å²) in [5, 5.41) is 5.39. The molecular weight excluding hydrogens is 280 g/mol. The minimum atomic E-state index is -0.507. The fraction of sp³-hybridized carbons (Fsp3) is 0.438.